The van der Waals surface area contributed by atoms with E-state index in [1.807, 2.05) is 19.9 Å². The second-order valence-electron chi connectivity index (χ2n) is 7.70. The van der Waals surface area contributed by atoms with Crippen molar-refractivity contribution in [1.82, 2.24) is 14.6 Å². The van der Waals surface area contributed by atoms with Crippen LogP contribution in [0.1, 0.15) is 37.6 Å². The summed E-state index contributed by atoms with van der Waals surface area (Å²) in [4.78, 5) is 32.3. The Kier molecular flexibility index (Phi) is 7.23. The molecule has 1 atom stereocenters. The molecule has 0 aliphatic rings. The Morgan fingerprint density at radius 3 is 2.74 bits per heavy atom. The molecule has 2 aromatic heterocycles. The van der Waals surface area contributed by atoms with Crippen LogP contribution in [-0.4, -0.2) is 25.8 Å². The lowest BCUT2D eigenvalue weighted by molar-refractivity contribution is -0.385. The number of nitro groups is 1. The number of fused-ring (bicyclic) bond motifs is 1. The maximum atomic E-state index is 13.3. The molecule has 0 saturated carbocycles. The van der Waals surface area contributed by atoms with E-state index in [0.29, 0.717) is 33.1 Å². The molecule has 9 nitrogen and oxygen atoms in total. The fourth-order valence-electron chi connectivity index (χ4n) is 3.27. The third-order valence-corrected chi connectivity index (χ3v) is 6.05. The van der Waals surface area contributed by atoms with Crippen LogP contribution in [0.25, 0.3) is 10.9 Å². The molecule has 11 heteroatoms. The van der Waals surface area contributed by atoms with Crippen molar-refractivity contribution in [2.24, 2.45) is 5.10 Å². The van der Waals surface area contributed by atoms with Crippen molar-refractivity contribution in [3.05, 3.63) is 96.1 Å². The zero-order valence-electron chi connectivity index (χ0n) is 18.7. The standard InChI is InChI=1S/C24H19BrClN5O4/c1-3-14(2)23-29-20-7-4-16(25)11-19(20)24(32)30(23)28-12-15-10-17(26)5-8-21(15)35-22-9-6-18(13-27-22)31(33)34/h4-14H,3H2,1-2H3/t14-/m0/s1. The summed E-state index contributed by atoms with van der Waals surface area (Å²) in [5.74, 6) is 1.02. The Hall–Kier alpha value is -3.63. The van der Waals surface area contributed by atoms with E-state index in [9.17, 15) is 14.9 Å². The van der Waals surface area contributed by atoms with Crippen LogP contribution < -0.4 is 10.3 Å². The van der Waals surface area contributed by atoms with Crippen LogP contribution in [-0.2, 0) is 0 Å². The summed E-state index contributed by atoms with van der Waals surface area (Å²) in [6.45, 7) is 3.99. The molecule has 0 radical (unpaired) electrons. The van der Waals surface area contributed by atoms with Crippen LogP contribution in [0.2, 0.25) is 5.02 Å². The van der Waals surface area contributed by atoms with Gasteiger partial charge in [0.15, 0.2) is 0 Å². The number of benzene rings is 2. The van der Waals surface area contributed by atoms with Gasteiger partial charge in [-0.25, -0.2) is 9.97 Å². The van der Waals surface area contributed by atoms with E-state index in [4.69, 9.17) is 21.3 Å². The summed E-state index contributed by atoms with van der Waals surface area (Å²) >= 11 is 9.59. The highest BCUT2D eigenvalue weighted by Gasteiger charge is 2.16. The molecule has 4 aromatic rings. The molecule has 0 unspecified atom stereocenters. The summed E-state index contributed by atoms with van der Waals surface area (Å²) in [5, 5.41) is 16.2. The van der Waals surface area contributed by atoms with Gasteiger partial charge in [-0.05, 0) is 42.8 Å². The monoisotopic (exact) mass is 555 g/mol. The number of halogens is 2. The second kappa shape index (κ2) is 10.3. The van der Waals surface area contributed by atoms with Crippen LogP contribution in [0.3, 0.4) is 0 Å². The number of hydrogen-bond donors (Lipinski definition) is 0. The molecular formula is C24H19BrClN5O4. The fourth-order valence-corrected chi connectivity index (χ4v) is 3.81. The van der Waals surface area contributed by atoms with E-state index < -0.39 is 4.92 Å². The molecule has 2 heterocycles. The molecule has 0 bridgehead atoms. The van der Waals surface area contributed by atoms with Gasteiger partial charge in [-0.1, -0.05) is 41.4 Å². The van der Waals surface area contributed by atoms with Gasteiger partial charge in [-0.2, -0.15) is 9.78 Å². The van der Waals surface area contributed by atoms with Gasteiger partial charge in [-0.3, -0.25) is 14.9 Å². The van der Waals surface area contributed by atoms with Gasteiger partial charge in [0.1, 0.15) is 17.8 Å². The van der Waals surface area contributed by atoms with Gasteiger partial charge in [0.05, 0.1) is 22.0 Å². The van der Waals surface area contributed by atoms with Gasteiger partial charge in [0, 0.05) is 33.1 Å². The lowest BCUT2D eigenvalue weighted by atomic mass is 10.1. The van der Waals surface area contributed by atoms with Crippen molar-refractivity contribution in [2.75, 3.05) is 0 Å². The summed E-state index contributed by atoms with van der Waals surface area (Å²) in [7, 11) is 0. The molecule has 4 rings (SSSR count). The minimum absolute atomic E-state index is 0.0210. The molecule has 2 aromatic carbocycles. The Bertz CT molecular complexity index is 1500. The van der Waals surface area contributed by atoms with Gasteiger partial charge < -0.3 is 4.74 Å². The van der Waals surface area contributed by atoms with Crippen molar-refractivity contribution >= 4 is 50.3 Å². The average molecular weight is 557 g/mol. The van der Waals surface area contributed by atoms with Gasteiger partial charge in [0.25, 0.3) is 11.2 Å². The smallest absolute Gasteiger partial charge is 0.287 e. The molecule has 0 aliphatic heterocycles. The maximum Gasteiger partial charge on any atom is 0.287 e. The number of rotatable bonds is 7. The molecule has 0 N–H and O–H groups in total. The first-order valence-electron chi connectivity index (χ1n) is 10.6. The zero-order valence-corrected chi connectivity index (χ0v) is 21.0. The van der Waals surface area contributed by atoms with Crippen LogP contribution >= 0.6 is 27.5 Å². The zero-order chi connectivity index (χ0) is 25.1. The predicted octanol–water partition coefficient (Wildman–Crippen LogP) is 6.30. The van der Waals surface area contributed by atoms with Crippen molar-refractivity contribution in [2.45, 2.75) is 26.2 Å². The third kappa shape index (κ3) is 5.39. The highest BCUT2D eigenvalue weighted by molar-refractivity contribution is 9.10. The molecule has 0 amide bonds. The van der Waals surface area contributed by atoms with Gasteiger partial charge >= 0.3 is 0 Å². The van der Waals surface area contributed by atoms with E-state index in [0.717, 1.165) is 17.1 Å². The minimum atomic E-state index is -0.542. The number of ether oxygens (including phenoxy) is 1. The first-order valence-corrected chi connectivity index (χ1v) is 11.8. The number of hydrogen-bond acceptors (Lipinski definition) is 7. The van der Waals surface area contributed by atoms with E-state index in [1.165, 1.54) is 23.0 Å². The highest BCUT2D eigenvalue weighted by Crippen LogP contribution is 2.27. The molecule has 0 fully saturated rings. The molecular weight excluding hydrogens is 538 g/mol. The first kappa shape index (κ1) is 24.5. The summed E-state index contributed by atoms with van der Waals surface area (Å²) < 4.78 is 7.86. The van der Waals surface area contributed by atoms with Crippen molar-refractivity contribution in [1.29, 1.82) is 0 Å². The van der Waals surface area contributed by atoms with Crippen LogP contribution in [0.15, 0.2) is 69.1 Å². The van der Waals surface area contributed by atoms with E-state index in [-0.39, 0.29) is 23.0 Å². The minimum Gasteiger partial charge on any atom is -0.438 e. The number of nitrogens with zero attached hydrogens (tertiary/aromatic N) is 5. The Balaban J connectivity index is 1.77. The summed E-state index contributed by atoms with van der Waals surface area (Å²) in [5.41, 5.74) is 0.622. The molecule has 0 spiro atoms. The maximum absolute atomic E-state index is 13.3. The molecule has 178 valence electrons. The Labute approximate surface area is 213 Å². The average Bonchev–Trinajstić information content (AvgIpc) is 2.85. The second-order valence-corrected chi connectivity index (χ2v) is 9.05. The third-order valence-electron chi connectivity index (χ3n) is 5.32. The van der Waals surface area contributed by atoms with Crippen LogP contribution in [0.5, 0.6) is 11.6 Å². The normalized spacial score (nSPS) is 12.2. The van der Waals surface area contributed by atoms with Crippen LogP contribution in [0, 0.1) is 10.1 Å². The van der Waals surface area contributed by atoms with E-state index in [2.05, 4.69) is 26.0 Å². The SMILES string of the molecule is CC[C@H](C)c1nc2ccc(Br)cc2c(=O)n1N=Cc1cc(Cl)ccc1Oc1ccc([N+](=O)[O-])cn1. The number of aromatic nitrogens is 3. The fraction of sp³-hybridized carbons (Fsp3) is 0.167. The quantitative estimate of drug-likeness (QED) is 0.150. The van der Waals surface area contributed by atoms with E-state index >= 15 is 0 Å². The Morgan fingerprint density at radius 1 is 1.26 bits per heavy atom. The molecule has 0 saturated heterocycles. The number of pyridine rings is 1. The van der Waals surface area contributed by atoms with Crippen molar-refractivity contribution in [3.8, 4) is 11.6 Å². The summed E-state index contributed by atoms with van der Waals surface area (Å²) in [6, 6.07) is 12.9. The summed E-state index contributed by atoms with van der Waals surface area (Å²) in [6.07, 6.45) is 3.34. The van der Waals surface area contributed by atoms with Crippen LogP contribution in [0.4, 0.5) is 5.69 Å². The van der Waals surface area contributed by atoms with E-state index in [1.54, 1.807) is 30.3 Å². The lowest BCUT2D eigenvalue weighted by Gasteiger charge is -2.14. The molecule has 35 heavy (non-hydrogen) atoms. The van der Waals surface area contributed by atoms with Gasteiger partial charge in [0.2, 0.25) is 5.88 Å². The highest BCUT2D eigenvalue weighted by atomic mass is 79.9. The van der Waals surface area contributed by atoms with Gasteiger partial charge in [-0.15, -0.1) is 0 Å². The first-order chi connectivity index (χ1) is 16.8. The Morgan fingerprint density at radius 2 is 2.06 bits per heavy atom. The topological polar surface area (TPSA) is 113 Å². The van der Waals surface area contributed by atoms with Crippen molar-refractivity contribution in [3.63, 3.8) is 0 Å². The predicted molar refractivity (Wildman–Crippen MR) is 138 cm³/mol. The largest absolute Gasteiger partial charge is 0.438 e. The molecule has 0 aliphatic carbocycles. The lowest BCUT2D eigenvalue weighted by Crippen LogP contribution is -2.23. The van der Waals surface area contributed by atoms with Crippen molar-refractivity contribution < 1.29 is 9.66 Å².